The fraction of sp³-hybridized carbons (Fsp3) is 0.0714. The maximum absolute atomic E-state index is 12.8. The first-order valence-electron chi connectivity index (χ1n) is 6.07. The number of hydrogen-bond donors (Lipinski definition) is 1. The second-order valence-electron chi connectivity index (χ2n) is 4.24. The lowest BCUT2D eigenvalue weighted by molar-refractivity contribution is 0.414. The van der Waals surface area contributed by atoms with Crippen LogP contribution in [-0.4, -0.2) is 22.2 Å². The molecule has 0 fully saturated rings. The van der Waals surface area contributed by atoms with Crippen molar-refractivity contribution in [2.24, 2.45) is 0 Å². The molecule has 1 aromatic carbocycles. The predicted molar refractivity (Wildman–Crippen MR) is 73.9 cm³/mol. The van der Waals surface area contributed by atoms with Crippen LogP contribution in [0.1, 0.15) is 0 Å². The summed E-state index contributed by atoms with van der Waals surface area (Å²) in [6.45, 7) is 0. The molecule has 2 heterocycles. The molecule has 2 N–H and O–H groups in total. The van der Waals surface area contributed by atoms with Gasteiger partial charge in [0.1, 0.15) is 17.3 Å². The number of hydrogen-bond acceptors (Lipinski definition) is 6. The Bertz CT molecular complexity index is 771. The summed E-state index contributed by atoms with van der Waals surface area (Å²) >= 11 is 0. The van der Waals surface area contributed by atoms with Crippen LogP contribution in [0.5, 0.6) is 5.75 Å². The normalized spacial score (nSPS) is 10.6. The molecular weight excluding hydrogens is 275 g/mol. The van der Waals surface area contributed by atoms with Crippen LogP contribution in [-0.2, 0) is 0 Å². The number of nitrogens with zero attached hydrogens (tertiary/aromatic N) is 3. The molecule has 0 aliphatic carbocycles. The van der Waals surface area contributed by atoms with Gasteiger partial charge in [-0.25, -0.2) is 9.37 Å². The number of aromatic nitrogens is 3. The lowest BCUT2D eigenvalue weighted by Gasteiger charge is -2.03. The molecule has 0 bridgehead atoms. The summed E-state index contributed by atoms with van der Waals surface area (Å²) in [5.74, 6) is 0.731. The highest BCUT2D eigenvalue weighted by Gasteiger charge is 2.14. The van der Waals surface area contributed by atoms with Crippen molar-refractivity contribution < 1.29 is 13.7 Å². The van der Waals surface area contributed by atoms with Gasteiger partial charge in [0.2, 0.25) is 5.82 Å². The fourth-order valence-electron chi connectivity index (χ4n) is 1.81. The molecule has 0 saturated carbocycles. The highest BCUT2D eigenvalue weighted by atomic mass is 19.1. The molecule has 3 aromatic rings. The number of nitrogens with two attached hydrogens (primary N) is 1. The Hall–Kier alpha value is -2.96. The second-order valence-corrected chi connectivity index (χ2v) is 4.24. The number of benzene rings is 1. The number of rotatable bonds is 3. The summed E-state index contributed by atoms with van der Waals surface area (Å²) in [5, 5.41) is 3.82. The Kier molecular flexibility index (Phi) is 3.23. The van der Waals surface area contributed by atoms with Gasteiger partial charge in [-0.3, -0.25) is 0 Å². The smallest absolute Gasteiger partial charge is 0.260 e. The molecule has 0 unspecified atom stereocenters. The van der Waals surface area contributed by atoms with Gasteiger partial charge in [0, 0.05) is 11.8 Å². The van der Waals surface area contributed by atoms with Crippen LogP contribution in [0.2, 0.25) is 0 Å². The quantitative estimate of drug-likeness (QED) is 0.744. The van der Waals surface area contributed by atoms with E-state index in [-0.39, 0.29) is 11.7 Å². The minimum Gasteiger partial charge on any atom is -0.497 e. The SMILES string of the molecule is COc1ccc(-c2nc(-c3ccc(F)cn3)no2)c(N)c1. The van der Waals surface area contributed by atoms with Gasteiger partial charge in [-0.05, 0) is 24.3 Å². The van der Waals surface area contributed by atoms with E-state index in [4.69, 9.17) is 15.0 Å². The van der Waals surface area contributed by atoms with E-state index in [1.54, 1.807) is 25.3 Å². The summed E-state index contributed by atoms with van der Waals surface area (Å²) in [6.07, 6.45) is 1.09. The van der Waals surface area contributed by atoms with Gasteiger partial charge in [-0.15, -0.1) is 0 Å². The number of halogens is 1. The molecule has 3 rings (SSSR count). The molecule has 0 aliphatic heterocycles. The highest BCUT2D eigenvalue weighted by molar-refractivity contribution is 5.72. The topological polar surface area (TPSA) is 87.1 Å². The summed E-state index contributed by atoms with van der Waals surface area (Å²) in [6, 6.07) is 7.88. The highest BCUT2D eigenvalue weighted by Crippen LogP contribution is 2.29. The monoisotopic (exact) mass is 286 g/mol. The molecule has 2 aromatic heterocycles. The third-order valence-corrected chi connectivity index (χ3v) is 2.87. The zero-order chi connectivity index (χ0) is 14.8. The van der Waals surface area contributed by atoms with Gasteiger partial charge in [0.15, 0.2) is 0 Å². The fourth-order valence-corrected chi connectivity index (χ4v) is 1.81. The lowest BCUT2D eigenvalue weighted by atomic mass is 10.1. The molecule has 7 heteroatoms. The number of methoxy groups -OCH3 is 1. The Balaban J connectivity index is 1.96. The van der Waals surface area contributed by atoms with Crippen LogP contribution in [0.4, 0.5) is 10.1 Å². The van der Waals surface area contributed by atoms with Crippen molar-refractivity contribution in [2.45, 2.75) is 0 Å². The van der Waals surface area contributed by atoms with Gasteiger partial charge in [0.05, 0.1) is 18.9 Å². The number of anilines is 1. The van der Waals surface area contributed by atoms with Crippen molar-refractivity contribution in [3.8, 4) is 28.7 Å². The van der Waals surface area contributed by atoms with Crippen LogP contribution in [0.3, 0.4) is 0 Å². The summed E-state index contributed by atoms with van der Waals surface area (Å²) < 4.78 is 23.1. The maximum atomic E-state index is 12.8. The minimum atomic E-state index is -0.429. The van der Waals surface area contributed by atoms with Crippen LogP contribution in [0.15, 0.2) is 41.1 Å². The average Bonchev–Trinajstić information content (AvgIpc) is 2.97. The number of ether oxygens (including phenoxy) is 1. The van der Waals surface area contributed by atoms with Crippen molar-refractivity contribution in [3.63, 3.8) is 0 Å². The van der Waals surface area contributed by atoms with E-state index in [0.717, 1.165) is 6.20 Å². The van der Waals surface area contributed by atoms with E-state index in [0.29, 0.717) is 22.7 Å². The maximum Gasteiger partial charge on any atom is 0.260 e. The van der Waals surface area contributed by atoms with Crippen LogP contribution < -0.4 is 10.5 Å². The molecule has 0 aliphatic rings. The Morgan fingerprint density at radius 2 is 2.10 bits per heavy atom. The van der Waals surface area contributed by atoms with Gasteiger partial charge in [-0.2, -0.15) is 4.98 Å². The Morgan fingerprint density at radius 3 is 2.76 bits per heavy atom. The first-order valence-corrected chi connectivity index (χ1v) is 6.07. The molecule has 0 atom stereocenters. The third-order valence-electron chi connectivity index (χ3n) is 2.87. The second kappa shape index (κ2) is 5.20. The molecule has 0 radical (unpaired) electrons. The van der Waals surface area contributed by atoms with Gasteiger partial charge >= 0.3 is 0 Å². The van der Waals surface area contributed by atoms with Crippen molar-refractivity contribution >= 4 is 5.69 Å². The van der Waals surface area contributed by atoms with Crippen molar-refractivity contribution in [1.82, 2.24) is 15.1 Å². The molecule has 0 saturated heterocycles. The van der Waals surface area contributed by atoms with Crippen molar-refractivity contribution in [3.05, 3.63) is 42.3 Å². The Morgan fingerprint density at radius 1 is 1.24 bits per heavy atom. The van der Waals surface area contributed by atoms with E-state index in [1.807, 2.05) is 0 Å². The van der Waals surface area contributed by atoms with Gasteiger partial charge in [0.25, 0.3) is 5.89 Å². The van der Waals surface area contributed by atoms with E-state index < -0.39 is 5.82 Å². The Labute approximate surface area is 119 Å². The van der Waals surface area contributed by atoms with Crippen molar-refractivity contribution in [2.75, 3.05) is 12.8 Å². The van der Waals surface area contributed by atoms with E-state index in [9.17, 15) is 4.39 Å². The van der Waals surface area contributed by atoms with Gasteiger partial charge < -0.3 is 15.0 Å². The molecule has 106 valence electrons. The standard InChI is InChI=1S/C14H11FN4O2/c1-20-9-3-4-10(11(16)6-9)14-18-13(19-21-14)12-5-2-8(15)7-17-12/h2-7H,16H2,1H3. The minimum absolute atomic E-state index is 0.260. The first-order chi connectivity index (χ1) is 10.2. The third kappa shape index (κ3) is 2.53. The average molecular weight is 286 g/mol. The molecule has 21 heavy (non-hydrogen) atoms. The summed E-state index contributed by atoms with van der Waals surface area (Å²) in [4.78, 5) is 8.11. The number of pyridine rings is 1. The van der Waals surface area contributed by atoms with E-state index in [1.165, 1.54) is 12.1 Å². The van der Waals surface area contributed by atoms with E-state index >= 15 is 0 Å². The first kappa shape index (κ1) is 13.0. The summed E-state index contributed by atoms with van der Waals surface area (Å²) in [5.41, 5.74) is 7.39. The van der Waals surface area contributed by atoms with Crippen molar-refractivity contribution in [1.29, 1.82) is 0 Å². The van der Waals surface area contributed by atoms with Crippen LogP contribution in [0.25, 0.3) is 23.0 Å². The number of nitrogen functional groups attached to an aromatic ring is 1. The van der Waals surface area contributed by atoms with E-state index in [2.05, 4.69) is 15.1 Å². The molecule has 0 spiro atoms. The van der Waals surface area contributed by atoms with Gasteiger partial charge in [-0.1, -0.05) is 5.16 Å². The van der Waals surface area contributed by atoms with Crippen LogP contribution >= 0.6 is 0 Å². The molecular formula is C14H11FN4O2. The molecule has 0 amide bonds. The zero-order valence-electron chi connectivity index (χ0n) is 11.1. The predicted octanol–water partition coefficient (Wildman–Crippen LogP) is 2.53. The largest absolute Gasteiger partial charge is 0.497 e. The molecule has 6 nitrogen and oxygen atoms in total. The van der Waals surface area contributed by atoms with Crippen LogP contribution in [0, 0.1) is 5.82 Å². The lowest BCUT2D eigenvalue weighted by Crippen LogP contribution is -1.92. The zero-order valence-corrected chi connectivity index (χ0v) is 11.1. The summed E-state index contributed by atoms with van der Waals surface area (Å²) in [7, 11) is 1.56.